The molecule has 1 aromatic carbocycles. The van der Waals surface area contributed by atoms with Crippen LogP contribution >= 0.6 is 0 Å². The first-order chi connectivity index (χ1) is 31.1. The molecule has 0 unspecified atom stereocenters. The highest BCUT2D eigenvalue weighted by Gasteiger charge is 2.57. The van der Waals surface area contributed by atoms with Crippen LogP contribution in [-0.4, -0.2) is 104 Å². The lowest BCUT2D eigenvalue weighted by Gasteiger charge is -2.57. The van der Waals surface area contributed by atoms with E-state index in [9.17, 15) is 36.0 Å². The molecule has 10 aliphatic rings. The van der Waals surface area contributed by atoms with Gasteiger partial charge in [0.1, 0.15) is 10.7 Å². The van der Waals surface area contributed by atoms with Crippen molar-refractivity contribution in [1.82, 2.24) is 23.8 Å². The van der Waals surface area contributed by atoms with Gasteiger partial charge in [-0.15, -0.1) is 0 Å². The van der Waals surface area contributed by atoms with Crippen LogP contribution in [0.5, 0.6) is 0 Å². The topological polar surface area (TPSA) is 195 Å². The molecule has 2 saturated heterocycles. The summed E-state index contributed by atoms with van der Waals surface area (Å²) in [5, 5.41) is 8.43. The number of piperidine rings is 1. The second kappa shape index (κ2) is 18.0. The number of rotatable bonds is 11. The average molecular weight is 930 g/mol. The summed E-state index contributed by atoms with van der Waals surface area (Å²) < 4.78 is 55.2. The molecule has 3 N–H and O–H groups in total. The van der Waals surface area contributed by atoms with Crippen molar-refractivity contribution in [3.05, 3.63) is 67.9 Å². The summed E-state index contributed by atoms with van der Waals surface area (Å²) in [6, 6.07) is 9.10. The third kappa shape index (κ3) is 9.31. The number of hydrogen-bond donors (Lipinski definition) is 3. The quantitative estimate of drug-likeness (QED) is 0.242. The number of pyridine rings is 1. The molecule has 0 radical (unpaired) electrons. The van der Waals surface area contributed by atoms with E-state index < -0.39 is 26.0 Å². The highest BCUT2D eigenvalue weighted by molar-refractivity contribution is 7.89. The molecule has 2 aromatic rings. The third-order valence-corrected chi connectivity index (χ3v) is 19.9. The van der Waals surface area contributed by atoms with Gasteiger partial charge in [-0.1, -0.05) is 13.2 Å². The van der Waals surface area contributed by atoms with Gasteiger partial charge in [0.15, 0.2) is 0 Å². The van der Waals surface area contributed by atoms with Crippen LogP contribution in [0.2, 0.25) is 0 Å². The lowest BCUT2D eigenvalue weighted by atomic mass is 9.49. The number of nitrogens with zero attached hydrogens (tertiary/aromatic N) is 4. The Morgan fingerprint density at radius 1 is 0.585 bits per heavy atom. The predicted molar refractivity (Wildman–Crippen MR) is 245 cm³/mol. The van der Waals surface area contributed by atoms with Crippen molar-refractivity contribution in [3.63, 3.8) is 0 Å². The minimum atomic E-state index is -3.71. The second-order valence-electron chi connectivity index (χ2n) is 20.5. The molecular weight excluding hydrogens is 867 g/mol. The molecule has 0 atom stereocenters. The number of carbonyl (C=O) groups is 4. The fourth-order valence-electron chi connectivity index (χ4n) is 13.8. The molecule has 15 nitrogen and oxygen atoms in total. The van der Waals surface area contributed by atoms with E-state index in [2.05, 4.69) is 34.1 Å². The van der Waals surface area contributed by atoms with Crippen LogP contribution in [0.15, 0.2) is 77.7 Å². The molecule has 8 saturated carbocycles. The minimum Gasteiger partial charge on any atom is -0.353 e. The number of amides is 4. The number of benzene rings is 1. The predicted octanol–water partition coefficient (Wildman–Crippen LogP) is 5.55. The zero-order valence-electron chi connectivity index (χ0n) is 37.2. The van der Waals surface area contributed by atoms with Gasteiger partial charge < -0.3 is 20.9 Å². The highest BCUT2D eigenvalue weighted by atomic mass is 32.2. The van der Waals surface area contributed by atoms with Gasteiger partial charge in [0, 0.05) is 62.6 Å². The van der Waals surface area contributed by atoms with Gasteiger partial charge in [-0.05, 0) is 174 Å². The maximum absolute atomic E-state index is 13.5. The van der Waals surface area contributed by atoms with Crippen molar-refractivity contribution in [2.45, 2.75) is 106 Å². The fraction of sp³-hybridized carbons (Fsp3) is 0.604. The van der Waals surface area contributed by atoms with Gasteiger partial charge in [-0.3, -0.25) is 19.2 Å². The summed E-state index contributed by atoms with van der Waals surface area (Å²) in [5.74, 6) is 4.30. The summed E-state index contributed by atoms with van der Waals surface area (Å²) in [4.78, 5) is 55.8. The maximum Gasteiger partial charge on any atom is 0.248 e. The lowest BCUT2D eigenvalue weighted by molar-refractivity contribution is -0.158. The number of aromatic nitrogens is 1. The maximum atomic E-state index is 13.5. The smallest absolute Gasteiger partial charge is 0.248 e. The molecule has 10 fully saturated rings. The molecule has 4 amide bonds. The number of piperazine rings is 1. The molecule has 2 aliphatic heterocycles. The largest absolute Gasteiger partial charge is 0.353 e. The molecular formula is C48H63N7O8S2. The SMILES string of the molecule is C=CC(=O)Nc1ccc(S(=O)(=O)N2CCC(NC(=O)C34CC5CC(CC(C5)C3)C4)CC2)cc1.C=CC(=O)Nc1ccc(S(=O)(=O)N2CCN(C(=O)C34CC5CC(CC(C5)C3)C4)CC2)cn1. The Morgan fingerprint density at radius 2 is 1.03 bits per heavy atom. The minimum absolute atomic E-state index is 0.0356. The van der Waals surface area contributed by atoms with Crippen LogP contribution in [0.4, 0.5) is 11.5 Å². The zero-order chi connectivity index (χ0) is 45.7. The van der Waals surface area contributed by atoms with Crippen molar-refractivity contribution < 1.29 is 36.0 Å². The van der Waals surface area contributed by atoms with Crippen LogP contribution in [0, 0.1) is 46.3 Å². The van der Waals surface area contributed by atoms with E-state index in [4.69, 9.17) is 0 Å². The Kier molecular flexibility index (Phi) is 12.6. The van der Waals surface area contributed by atoms with Crippen LogP contribution in [0.25, 0.3) is 0 Å². The number of anilines is 2. The molecule has 65 heavy (non-hydrogen) atoms. The number of carbonyl (C=O) groups excluding carboxylic acids is 4. The zero-order valence-corrected chi connectivity index (χ0v) is 38.8. The summed E-state index contributed by atoms with van der Waals surface area (Å²) in [5.41, 5.74) is 0.163. The number of sulfonamides is 2. The van der Waals surface area contributed by atoms with E-state index in [1.165, 1.54) is 77.6 Å². The third-order valence-electron chi connectivity index (χ3n) is 16.1. The van der Waals surface area contributed by atoms with Crippen LogP contribution in [0.1, 0.15) is 89.9 Å². The summed E-state index contributed by atoms with van der Waals surface area (Å²) in [7, 11) is -7.32. The molecule has 17 heteroatoms. The summed E-state index contributed by atoms with van der Waals surface area (Å²) in [6.45, 7) is 9.00. The first kappa shape index (κ1) is 45.7. The molecule has 350 valence electrons. The summed E-state index contributed by atoms with van der Waals surface area (Å²) in [6.07, 6.45) is 18.8. The van der Waals surface area contributed by atoms with E-state index in [-0.39, 0.29) is 63.3 Å². The van der Waals surface area contributed by atoms with E-state index in [1.807, 2.05) is 4.90 Å². The van der Waals surface area contributed by atoms with Crippen LogP contribution in [-0.2, 0) is 39.2 Å². The van der Waals surface area contributed by atoms with Crippen LogP contribution in [0.3, 0.4) is 0 Å². The van der Waals surface area contributed by atoms with Crippen molar-refractivity contribution >= 4 is 55.2 Å². The second-order valence-corrected chi connectivity index (χ2v) is 24.4. The van der Waals surface area contributed by atoms with E-state index in [0.29, 0.717) is 62.5 Å². The van der Waals surface area contributed by atoms with Gasteiger partial charge in [0.2, 0.25) is 43.7 Å². The first-order valence-corrected chi connectivity index (χ1v) is 26.5. The number of hydrogen-bond acceptors (Lipinski definition) is 9. The van der Waals surface area contributed by atoms with Gasteiger partial charge in [0.25, 0.3) is 0 Å². The Morgan fingerprint density at radius 3 is 1.51 bits per heavy atom. The number of nitrogens with one attached hydrogen (secondary N) is 3. The fourth-order valence-corrected chi connectivity index (χ4v) is 16.6. The Bertz CT molecular complexity index is 2340. The van der Waals surface area contributed by atoms with Gasteiger partial charge in [-0.2, -0.15) is 8.61 Å². The van der Waals surface area contributed by atoms with Gasteiger partial charge >= 0.3 is 0 Å². The average Bonchev–Trinajstić information content (AvgIpc) is 3.28. The normalized spacial score (nSPS) is 31.9. The first-order valence-electron chi connectivity index (χ1n) is 23.6. The Balaban J connectivity index is 0.000000164. The molecule has 3 heterocycles. The van der Waals surface area contributed by atoms with Gasteiger partial charge in [0.05, 0.1) is 10.3 Å². The monoisotopic (exact) mass is 929 g/mol. The van der Waals surface area contributed by atoms with Gasteiger partial charge in [-0.25, -0.2) is 21.8 Å². The molecule has 12 rings (SSSR count). The lowest BCUT2D eigenvalue weighted by Crippen LogP contribution is -2.58. The van der Waals surface area contributed by atoms with Crippen molar-refractivity contribution in [3.8, 4) is 0 Å². The summed E-state index contributed by atoms with van der Waals surface area (Å²) >= 11 is 0. The van der Waals surface area contributed by atoms with Crippen molar-refractivity contribution in [2.24, 2.45) is 46.3 Å². The van der Waals surface area contributed by atoms with Crippen LogP contribution < -0.4 is 16.0 Å². The van der Waals surface area contributed by atoms with E-state index >= 15 is 0 Å². The van der Waals surface area contributed by atoms with Crippen molar-refractivity contribution in [1.29, 1.82) is 0 Å². The highest BCUT2D eigenvalue weighted by Crippen LogP contribution is 2.61. The Hall–Kier alpha value is -4.45. The molecule has 0 spiro atoms. The standard InChI is InChI=1S/C25H33N3O4S.C23H30N4O4S/c1-2-23(29)26-20-3-5-22(6-4-20)33(31,32)28-9-7-21(8-10-28)27-24(30)25-14-17-11-18(15-25)13-19(12-17)16-25;1-2-21(28)25-20-4-3-19(15-24-20)32(30,31)27-7-5-26(6-8-27)22(29)23-12-16-9-17(13-23)11-18(10-16)14-23/h2-6,17-19,21H,1,7-16H2,(H,26,29)(H,27,30);2-4,15-18H,1,5-14H2,(H,24,25,28). The Labute approximate surface area is 383 Å². The molecule has 8 aliphatic carbocycles. The van der Waals surface area contributed by atoms with E-state index in [0.717, 1.165) is 68.4 Å². The molecule has 1 aromatic heterocycles. The van der Waals surface area contributed by atoms with Crippen molar-refractivity contribution in [2.75, 3.05) is 49.9 Å². The van der Waals surface area contributed by atoms with E-state index in [1.54, 1.807) is 12.1 Å². The molecule has 8 bridgehead atoms.